The lowest BCUT2D eigenvalue weighted by Crippen LogP contribution is -2.25. The molecule has 0 bridgehead atoms. The number of ether oxygens (including phenoxy) is 1. The molecule has 0 aromatic heterocycles. The first-order valence-electron chi connectivity index (χ1n) is 4.30. The fourth-order valence-corrected chi connectivity index (χ4v) is 1.49. The second-order valence-corrected chi connectivity index (χ2v) is 3.97. The molecule has 3 nitrogen and oxygen atoms in total. The zero-order valence-electron chi connectivity index (χ0n) is 8.17. The van der Waals surface area contributed by atoms with Crippen LogP contribution in [0.2, 0.25) is 5.02 Å². The van der Waals surface area contributed by atoms with Crippen LogP contribution in [0.3, 0.4) is 0 Å². The predicted octanol–water partition coefficient (Wildman–Crippen LogP) is 1.98. The van der Waals surface area contributed by atoms with Crippen LogP contribution in [0.1, 0.15) is 5.56 Å². The molecule has 0 heterocycles. The van der Waals surface area contributed by atoms with Gasteiger partial charge in [-0.3, -0.25) is 4.79 Å². The predicted molar refractivity (Wildman–Crippen MR) is 60.5 cm³/mol. The molecule has 15 heavy (non-hydrogen) atoms. The number of hydrogen-bond donors (Lipinski definition) is 1. The van der Waals surface area contributed by atoms with Gasteiger partial charge in [0.15, 0.2) is 0 Å². The first-order valence-corrected chi connectivity index (χ1v) is 5.12. The summed E-state index contributed by atoms with van der Waals surface area (Å²) >= 11 is 11.7. The number of carbonyl (C=O) groups is 1. The number of carbonyl (C=O) groups excluding carboxylic acids is 1. The number of primary amides is 1. The fraction of sp³-hybridized carbons (Fsp3) is 0.300. The zero-order valence-corrected chi connectivity index (χ0v) is 9.68. The van der Waals surface area contributed by atoms with Gasteiger partial charge in [-0.05, 0) is 30.2 Å². The lowest BCUT2D eigenvalue weighted by molar-refractivity contribution is -0.117. The van der Waals surface area contributed by atoms with Gasteiger partial charge in [0.05, 0.1) is 7.11 Å². The molecule has 1 aromatic carbocycles. The molecule has 1 atom stereocenters. The molecule has 1 amide bonds. The second-order valence-electron chi connectivity index (χ2n) is 3.03. The number of amides is 1. The van der Waals surface area contributed by atoms with Gasteiger partial charge in [-0.2, -0.15) is 0 Å². The van der Waals surface area contributed by atoms with Crippen molar-refractivity contribution in [1.82, 2.24) is 0 Å². The minimum Gasteiger partial charge on any atom is -0.497 e. The normalized spacial score (nSPS) is 12.2. The first kappa shape index (κ1) is 12.1. The lowest BCUT2D eigenvalue weighted by Gasteiger charge is -2.09. The molecule has 1 unspecified atom stereocenters. The Morgan fingerprint density at radius 2 is 2.27 bits per heavy atom. The van der Waals surface area contributed by atoms with Crippen LogP contribution in [0.4, 0.5) is 0 Å². The standard InChI is InChI=1S/C10H11Cl2NO2/c1-15-7-2-3-8(11)6(4-7)5-9(12)10(13)14/h2-4,9H,5H2,1H3,(H2,13,14). The molecular formula is C10H11Cl2NO2. The highest BCUT2D eigenvalue weighted by Crippen LogP contribution is 2.24. The molecular weight excluding hydrogens is 237 g/mol. The molecule has 82 valence electrons. The van der Waals surface area contributed by atoms with Crippen LogP contribution in [0.15, 0.2) is 18.2 Å². The van der Waals surface area contributed by atoms with Crippen molar-refractivity contribution in [3.05, 3.63) is 28.8 Å². The van der Waals surface area contributed by atoms with Crippen molar-refractivity contribution in [2.24, 2.45) is 5.73 Å². The summed E-state index contributed by atoms with van der Waals surface area (Å²) in [6.45, 7) is 0. The number of alkyl halides is 1. The molecule has 0 radical (unpaired) electrons. The van der Waals surface area contributed by atoms with Gasteiger partial charge in [-0.1, -0.05) is 11.6 Å². The number of hydrogen-bond acceptors (Lipinski definition) is 2. The van der Waals surface area contributed by atoms with Crippen molar-refractivity contribution < 1.29 is 9.53 Å². The van der Waals surface area contributed by atoms with Crippen molar-refractivity contribution in [3.63, 3.8) is 0 Å². The zero-order chi connectivity index (χ0) is 11.4. The maximum atomic E-state index is 10.8. The topological polar surface area (TPSA) is 52.3 Å². The highest BCUT2D eigenvalue weighted by atomic mass is 35.5. The van der Waals surface area contributed by atoms with Crippen LogP contribution in [0.5, 0.6) is 5.75 Å². The molecule has 1 rings (SSSR count). The van der Waals surface area contributed by atoms with Crippen LogP contribution in [-0.2, 0) is 11.2 Å². The van der Waals surface area contributed by atoms with Crippen molar-refractivity contribution in [2.45, 2.75) is 11.8 Å². The van der Waals surface area contributed by atoms with Crippen LogP contribution in [0.25, 0.3) is 0 Å². The summed E-state index contributed by atoms with van der Waals surface area (Å²) in [5.41, 5.74) is 5.80. The molecule has 0 aliphatic heterocycles. The number of methoxy groups -OCH3 is 1. The average molecular weight is 248 g/mol. The summed E-state index contributed by atoms with van der Waals surface area (Å²) in [6, 6.07) is 5.17. The Morgan fingerprint density at radius 1 is 1.60 bits per heavy atom. The maximum Gasteiger partial charge on any atom is 0.235 e. The van der Waals surface area contributed by atoms with Crippen molar-refractivity contribution in [2.75, 3.05) is 7.11 Å². The highest BCUT2D eigenvalue weighted by molar-refractivity contribution is 6.32. The van der Waals surface area contributed by atoms with Gasteiger partial charge in [-0.15, -0.1) is 11.6 Å². The average Bonchev–Trinajstić information content (AvgIpc) is 2.21. The van der Waals surface area contributed by atoms with Crippen molar-refractivity contribution >= 4 is 29.1 Å². The third-order valence-electron chi connectivity index (χ3n) is 1.96. The summed E-state index contributed by atoms with van der Waals surface area (Å²) < 4.78 is 5.03. The third-order valence-corrected chi connectivity index (χ3v) is 2.70. The van der Waals surface area contributed by atoms with Crippen LogP contribution >= 0.6 is 23.2 Å². The Hall–Kier alpha value is -0.930. The van der Waals surface area contributed by atoms with E-state index in [1.165, 1.54) is 0 Å². The number of rotatable bonds is 4. The van der Waals surface area contributed by atoms with Gasteiger partial charge in [0.25, 0.3) is 0 Å². The largest absolute Gasteiger partial charge is 0.497 e. The van der Waals surface area contributed by atoms with E-state index in [0.29, 0.717) is 17.2 Å². The molecule has 0 aliphatic carbocycles. The summed E-state index contributed by atoms with van der Waals surface area (Å²) in [4.78, 5) is 10.8. The highest BCUT2D eigenvalue weighted by Gasteiger charge is 2.14. The molecule has 0 aliphatic rings. The van der Waals surface area contributed by atoms with E-state index in [1.54, 1.807) is 25.3 Å². The van der Waals surface area contributed by atoms with E-state index in [-0.39, 0.29) is 0 Å². The van der Waals surface area contributed by atoms with Crippen LogP contribution < -0.4 is 10.5 Å². The molecule has 0 fully saturated rings. The van der Waals surface area contributed by atoms with E-state index < -0.39 is 11.3 Å². The quantitative estimate of drug-likeness (QED) is 0.828. The van der Waals surface area contributed by atoms with Crippen molar-refractivity contribution in [1.29, 1.82) is 0 Å². The van der Waals surface area contributed by atoms with E-state index in [2.05, 4.69) is 0 Å². The Bertz CT molecular complexity index is 368. The number of halogens is 2. The van der Waals surface area contributed by atoms with Crippen LogP contribution in [0, 0.1) is 0 Å². The summed E-state index contributed by atoms with van der Waals surface area (Å²) in [5.74, 6) is 0.110. The fourth-order valence-electron chi connectivity index (χ4n) is 1.13. The minimum absolute atomic E-state index is 0.299. The Morgan fingerprint density at radius 3 is 2.80 bits per heavy atom. The monoisotopic (exact) mass is 247 g/mol. The van der Waals surface area contributed by atoms with Gasteiger partial charge in [0.2, 0.25) is 5.91 Å². The van der Waals surface area contributed by atoms with E-state index in [9.17, 15) is 4.79 Å². The van der Waals surface area contributed by atoms with Gasteiger partial charge in [-0.25, -0.2) is 0 Å². The smallest absolute Gasteiger partial charge is 0.235 e. The van der Waals surface area contributed by atoms with Crippen molar-refractivity contribution in [3.8, 4) is 5.75 Å². The Kier molecular flexibility index (Phi) is 4.24. The molecule has 5 heteroatoms. The third kappa shape index (κ3) is 3.29. The molecule has 2 N–H and O–H groups in total. The minimum atomic E-state index is -0.755. The molecule has 0 spiro atoms. The maximum absolute atomic E-state index is 10.8. The van der Waals surface area contributed by atoms with E-state index in [1.807, 2.05) is 0 Å². The molecule has 0 saturated heterocycles. The summed E-state index contributed by atoms with van der Waals surface area (Å²) in [7, 11) is 1.55. The van der Waals surface area contributed by atoms with Gasteiger partial charge in [0.1, 0.15) is 11.1 Å². The van der Waals surface area contributed by atoms with Gasteiger partial charge >= 0.3 is 0 Å². The number of benzene rings is 1. The van der Waals surface area contributed by atoms with Gasteiger partial charge in [0, 0.05) is 5.02 Å². The van der Waals surface area contributed by atoms with Gasteiger partial charge < -0.3 is 10.5 Å². The second kappa shape index (κ2) is 5.24. The Balaban J connectivity index is 2.88. The van der Waals surface area contributed by atoms with Crippen LogP contribution in [-0.4, -0.2) is 18.4 Å². The lowest BCUT2D eigenvalue weighted by atomic mass is 10.1. The van der Waals surface area contributed by atoms with E-state index >= 15 is 0 Å². The Labute approximate surface area is 98.1 Å². The summed E-state index contributed by atoms with van der Waals surface area (Å²) in [6.07, 6.45) is 0.299. The molecule has 1 aromatic rings. The SMILES string of the molecule is COc1ccc(Cl)c(CC(Cl)C(N)=O)c1. The van der Waals surface area contributed by atoms with E-state index in [4.69, 9.17) is 33.7 Å². The van der Waals surface area contributed by atoms with E-state index in [0.717, 1.165) is 5.56 Å². The summed E-state index contributed by atoms with van der Waals surface area (Å²) in [5, 5.41) is -0.211. The number of nitrogens with two attached hydrogens (primary N) is 1. The first-order chi connectivity index (χ1) is 7.04. The molecule has 0 saturated carbocycles.